The first-order valence-corrected chi connectivity index (χ1v) is 10.7. The Bertz CT molecular complexity index is 1010. The summed E-state index contributed by atoms with van der Waals surface area (Å²) in [5.41, 5.74) is 2.82. The van der Waals surface area contributed by atoms with Crippen LogP contribution < -0.4 is 15.9 Å². The molecule has 0 fully saturated rings. The van der Waals surface area contributed by atoms with E-state index in [1.165, 1.54) is 22.0 Å². The first kappa shape index (κ1) is 21.7. The van der Waals surface area contributed by atoms with Crippen LogP contribution >= 0.6 is 11.8 Å². The maximum Gasteiger partial charge on any atom is 0.234 e. The summed E-state index contributed by atoms with van der Waals surface area (Å²) in [4.78, 5) is 12.4. The van der Waals surface area contributed by atoms with Crippen molar-refractivity contribution in [3.8, 4) is 17.1 Å². The Kier molecular flexibility index (Phi) is 6.66. The predicted molar refractivity (Wildman–Crippen MR) is 121 cm³/mol. The molecule has 0 spiro atoms. The van der Waals surface area contributed by atoms with Crippen LogP contribution in [-0.4, -0.2) is 33.1 Å². The lowest BCUT2D eigenvalue weighted by atomic mass is 9.87. The molecular weight excluding hydrogens is 398 g/mol. The van der Waals surface area contributed by atoms with Gasteiger partial charge < -0.3 is 15.9 Å². The van der Waals surface area contributed by atoms with E-state index in [0.29, 0.717) is 29.0 Å². The highest BCUT2D eigenvalue weighted by Gasteiger charge is 2.17. The Labute approximate surface area is 181 Å². The van der Waals surface area contributed by atoms with Crippen molar-refractivity contribution in [3.63, 3.8) is 0 Å². The van der Waals surface area contributed by atoms with Crippen LogP contribution in [0.4, 0.5) is 5.69 Å². The molecule has 7 nitrogen and oxygen atoms in total. The van der Waals surface area contributed by atoms with Gasteiger partial charge in [0.1, 0.15) is 5.75 Å². The zero-order valence-electron chi connectivity index (χ0n) is 17.7. The number of nitrogen functional groups attached to an aromatic ring is 1. The molecular formula is C22H27N5O2S. The highest BCUT2D eigenvalue weighted by molar-refractivity contribution is 7.99. The van der Waals surface area contributed by atoms with E-state index in [1.807, 2.05) is 37.3 Å². The summed E-state index contributed by atoms with van der Waals surface area (Å²) in [5.74, 6) is 7.35. The standard InChI is InChI=1S/C22H27N5O2S/c1-5-29-18-9-7-6-8-17(18)24-19(28)14-30-21-26-25-20(27(21)23)15-10-12-16(13-11-15)22(2,3)4/h6-13H,5,14,23H2,1-4H3,(H,24,28). The highest BCUT2D eigenvalue weighted by Crippen LogP contribution is 2.27. The normalized spacial score (nSPS) is 11.3. The number of hydrogen-bond acceptors (Lipinski definition) is 6. The minimum Gasteiger partial charge on any atom is -0.492 e. The van der Waals surface area contributed by atoms with Crippen LogP contribution in [0, 0.1) is 0 Å². The summed E-state index contributed by atoms with van der Waals surface area (Å²) in [7, 11) is 0. The molecule has 2 aromatic carbocycles. The summed E-state index contributed by atoms with van der Waals surface area (Å²) < 4.78 is 6.95. The Hall–Kier alpha value is -3.00. The molecule has 0 unspecified atom stereocenters. The van der Waals surface area contributed by atoms with Gasteiger partial charge in [0, 0.05) is 5.56 Å². The van der Waals surface area contributed by atoms with Gasteiger partial charge in [-0.25, -0.2) is 4.68 Å². The minimum absolute atomic E-state index is 0.0735. The Balaban J connectivity index is 1.65. The third kappa shape index (κ3) is 5.13. The van der Waals surface area contributed by atoms with Gasteiger partial charge >= 0.3 is 0 Å². The molecule has 0 saturated carbocycles. The number of carbonyl (C=O) groups excluding carboxylic acids is 1. The first-order valence-electron chi connectivity index (χ1n) is 9.75. The summed E-state index contributed by atoms with van der Waals surface area (Å²) in [6.45, 7) is 8.92. The Morgan fingerprint density at radius 1 is 1.13 bits per heavy atom. The number of anilines is 1. The Morgan fingerprint density at radius 2 is 1.83 bits per heavy atom. The van der Waals surface area contributed by atoms with Crippen molar-refractivity contribution in [1.82, 2.24) is 14.9 Å². The van der Waals surface area contributed by atoms with E-state index < -0.39 is 0 Å². The number of carbonyl (C=O) groups is 1. The van der Waals surface area contributed by atoms with Gasteiger partial charge in [0.05, 0.1) is 18.0 Å². The van der Waals surface area contributed by atoms with Crippen molar-refractivity contribution in [2.75, 3.05) is 23.5 Å². The van der Waals surface area contributed by atoms with Gasteiger partial charge in [-0.2, -0.15) is 0 Å². The molecule has 8 heteroatoms. The van der Waals surface area contributed by atoms with E-state index >= 15 is 0 Å². The van der Waals surface area contributed by atoms with Gasteiger partial charge in [-0.15, -0.1) is 10.2 Å². The van der Waals surface area contributed by atoms with Crippen molar-refractivity contribution in [3.05, 3.63) is 54.1 Å². The zero-order valence-corrected chi connectivity index (χ0v) is 18.5. The number of ether oxygens (including phenoxy) is 1. The fraction of sp³-hybridized carbons (Fsp3) is 0.318. The number of rotatable bonds is 7. The molecule has 0 aliphatic carbocycles. The van der Waals surface area contributed by atoms with Crippen molar-refractivity contribution in [1.29, 1.82) is 0 Å². The molecule has 1 heterocycles. The maximum atomic E-state index is 12.4. The molecule has 1 aromatic heterocycles. The molecule has 0 aliphatic heterocycles. The zero-order chi connectivity index (χ0) is 21.7. The van der Waals surface area contributed by atoms with Crippen molar-refractivity contribution >= 4 is 23.4 Å². The maximum absolute atomic E-state index is 12.4. The van der Waals surface area contributed by atoms with Crippen LogP contribution in [-0.2, 0) is 10.2 Å². The van der Waals surface area contributed by atoms with E-state index in [-0.39, 0.29) is 17.1 Å². The number of nitrogens with two attached hydrogens (primary N) is 1. The second-order valence-electron chi connectivity index (χ2n) is 7.77. The Morgan fingerprint density at radius 3 is 2.50 bits per heavy atom. The average molecular weight is 426 g/mol. The van der Waals surface area contributed by atoms with E-state index in [2.05, 4.69) is 48.4 Å². The summed E-state index contributed by atoms with van der Waals surface area (Å²) in [5, 5.41) is 11.7. The molecule has 158 valence electrons. The van der Waals surface area contributed by atoms with Gasteiger partial charge in [0.15, 0.2) is 5.82 Å². The number of hydrogen-bond donors (Lipinski definition) is 2. The molecule has 0 saturated heterocycles. The third-order valence-corrected chi connectivity index (χ3v) is 5.41. The second-order valence-corrected chi connectivity index (χ2v) is 8.71. The lowest BCUT2D eigenvalue weighted by Gasteiger charge is -2.19. The third-order valence-electron chi connectivity index (χ3n) is 4.47. The van der Waals surface area contributed by atoms with Crippen LogP contribution in [0.2, 0.25) is 0 Å². The lowest BCUT2D eigenvalue weighted by Crippen LogP contribution is -2.17. The van der Waals surface area contributed by atoms with Gasteiger partial charge in [-0.3, -0.25) is 4.79 Å². The van der Waals surface area contributed by atoms with Crippen molar-refractivity contribution in [2.45, 2.75) is 38.3 Å². The van der Waals surface area contributed by atoms with E-state index in [1.54, 1.807) is 6.07 Å². The summed E-state index contributed by atoms with van der Waals surface area (Å²) in [6.07, 6.45) is 0. The molecule has 3 N–H and O–H groups in total. The highest BCUT2D eigenvalue weighted by atomic mass is 32.2. The van der Waals surface area contributed by atoms with Crippen LogP contribution in [0.1, 0.15) is 33.3 Å². The summed E-state index contributed by atoms with van der Waals surface area (Å²) >= 11 is 1.23. The van der Waals surface area contributed by atoms with E-state index in [4.69, 9.17) is 10.6 Å². The van der Waals surface area contributed by atoms with E-state index in [0.717, 1.165) is 5.56 Å². The van der Waals surface area contributed by atoms with Gasteiger partial charge in [0.25, 0.3) is 0 Å². The molecule has 30 heavy (non-hydrogen) atoms. The van der Waals surface area contributed by atoms with Gasteiger partial charge in [-0.1, -0.05) is 68.9 Å². The summed E-state index contributed by atoms with van der Waals surface area (Å²) in [6, 6.07) is 15.4. The molecule has 0 radical (unpaired) electrons. The molecule has 1 amide bonds. The number of amides is 1. The van der Waals surface area contributed by atoms with Crippen LogP contribution in [0.15, 0.2) is 53.7 Å². The number of thioether (sulfide) groups is 1. The minimum atomic E-state index is -0.175. The molecule has 0 atom stereocenters. The van der Waals surface area contributed by atoms with Gasteiger partial charge in [0.2, 0.25) is 11.1 Å². The van der Waals surface area contributed by atoms with Crippen LogP contribution in [0.5, 0.6) is 5.75 Å². The topological polar surface area (TPSA) is 95.1 Å². The molecule has 0 bridgehead atoms. The smallest absolute Gasteiger partial charge is 0.234 e. The number of nitrogens with one attached hydrogen (secondary N) is 1. The fourth-order valence-electron chi connectivity index (χ4n) is 2.86. The molecule has 3 rings (SSSR count). The number of para-hydroxylation sites is 2. The molecule has 3 aromatic rings. The first-order chi connectivity index (χ1) is 14.3. The van der Waals surface area contributed by atoms with Crippen LogP contribution in [0.25, 0.3) is 11.4 Å². The largest absolute Gasteiger partial charge is 0.492 e. The average Bonchev–Trinajstić information content (AvgIpc) is 3.08. The second kappa shape index (κ2) is 9.21. The fourth-order valence-corrected chi connectivity index (χ4v) is 3.52. The predicted octanol–water partition coefficient (Wildman–Crippen LogP) is 4.09. The number of benzene rings is 2. The lowest BCUT2D eigenvalue weighted by molar-refractivity contribution is -0.113. The van der Waals surface area contributed by atoms with Gasteiger partial charge in [-0.05, 0) is 30.0 Å². The van der Waals surface area contributed by atoms with Crippen molar-refractivity contribution in [2.24, 2.45) is 0 Å². The molecule has 0 aliphatic rings. The SMILES string of the molecule is CCOc1ccccc1NC(=O)CSc1nnc(-c2ccc(C(C)(C)C)cc2)n1N. The van der Waals surface area contributed by atoms with Crippen LogP contribution in [0.3, 0.4) is 0 Å². The van der Waals surface area contributed by atoms with E-state index in [9.17, 15) is 4.79 Å². The monoisotopic (exact) mass is 425 g/mol. The quantitative estimate of drug-likeness (QED) is 0.437. The van der Waals surface area contributed by atoms with Crippen molar-refractivity contribution < 1.29 is 9.53 Å². The number of nitrogens with zero attached hydrogens (tertiary/aromatic N) is 3. The number of aromatic nitrogens is 3.